The van der Waals surface area contributed by atoms with Crippen LogP contribution in [0.1, 0.15) is 37.3 Å². The maximum absolute atomic E-state index is 13.7. The second kappa shape index (κ2) is 13.7. The van der Waals surface area contributed by atoms with Crippen molar-refractivity contribution >= 4 is 22.5 Å². The van der Waals surface area contributed by atoms with Crippen molar-refractivity contribution in [3.05, 3.63) is 108 Å². The number of nitrogens with zero attached hydrogens (tertiary/aromatic N) is 3. The van der Waals surface area contributed by atoms with Crippen molar-refractivity contribution in [2.24, 2.45) is 0 Å². The van der Waals surface area contributed by atoms with Gasteiger partial charge in [-0.3, -0.25) is 10.2 Å². The summed E-state index contributed by atoms with van der Waals surface area (Å²) in [5.41, 5.74) is 4.44. The highest BCUT2D eigenvalue weighted by molar-refractivity contribution is 7.14. The van der Waals surface area contributed by atoms with E-state index in [1.165, 1.54) is 22.5 Å². The molecule has 2 unspecified atom stereocenters. The smallest absolute Gasteiger partial charge is 0.323 e. The Morgan fingerprint density at radius 2 is 1.50 bits per heavy atom. The molecule has 2 amide bonds. The molecule has 1 fully saturated rings. The molecule has 3 aromatic carbocycles. The predicted octanol–water partition coefficient (Wildman–Crippen LogP) is 6.98. The highest BCUT2D eigenvalue weighted by atomic mass is 32.1. The van der Waals surface area contributed by atoms with E-state index in [0.29, 0.717) is 18.2 Å². The number of carbonyl (C=O) groups excluding carboxylic acids is 1. The normalized spacial score (nSPS) is 17.6. The number of hydrogen-bond acceptors (Lipinski definition) is 5. The van der Waals surface area contributed by atoms with Crippen molar-refractivity contribution in [1.82, 2.24) is 14.8 Å². The van der Waals surface area contributed by atoms with E-state index in [-0.39, 0.29) is 24.2 Å². The number of ether oxygens (including phenoxy) is 1. The zero-order chi connectivity index (χ0) is 27.7. The molecule has 5 rings (SSSR count). The lowest BCUT2D eigenvalue weighted by atomic mass is 9.88. The first-order valence-corrected chi connectivity index (χ1v) is 15.0. The van der Waals surface area contributed by atoms with E-state index in [4.69, 9.17) is 9.72 Å². The molecule has 1 aliphatic heterocycles. The Labute approximate surface area is 241 Å². The molecule has 1 aliphatic rings. The summed E-state index contributed by atoms with van der Waals surface area (Å²) in [6, 6.07) is 31.1. The van der Waals surface area contributed by atoms with Crippen LogP contribution in [0, 0.1) is 0 Å². The highest BCUT2D eigenvalue weighted by Crippen LogP contribution is 2.29. The van der Waals surface area contributed by atoms with Gasteiger partial charge in [0.15, 0.2) is 5.13 Å². The fourth-order valence-electron chi connectivity index (χ4n) is 5.47. The van der Waals surface area contributed by atoms with Crippen molar-refractivity contribution in [3.63, 3.8) is 0 Å². The molecule has 0 saturated carbocycles. The summed E-state index contributed by atoms with van der Waals surface area (Å²) >= 11 is 1.46. The van der Waals surface area contributed by atoms with Crippen LogP contribution in [0.5, 0.6) is 0 Å². The Balaban J connectivity index is 1.31. The number of benzene rings is 3. The fourth-order valence-corrected chi connectivity index (χ4v) is 6.18. The number of rotatable bonds is 10. The molecular formula is C33H38N4O2S. The monoisotopic (exact) mass is 554 g/mol. The second-order valence-electron chi connectivity index (χ2n) is 10.5. The maximum Gasteiger partial charge on any atom is 0.323 e. The van der Waals surface area contributed by atoms with Gasteiger partial charge in [-0.05, 0) is 31.4 Å². The molecule has 7 heteroatoms. The third-order valence-corrected chi connectivity index (χ3v) is 8.11. The van der Waals surface area contributed by atoms with E-state index in [1.807, 2.05) is 52.7 Å². The van der Waals surface area contributed by atoms with Gasteiger partial charge in [0.05, 0.1) is 17.9 Å². The largest absolute Gasteiger partial charge is 0.373 e. The molecule has 0 radical (unpaired) electrons. The van der Waals surface area contributed by atoms with E-state index < -0.39 is 0 Å². The fraction of sp³-hybridized carbons (Fsp3) is 0.333. The summed E-state index contributed by atoms with van der Waals surface area (Å²) in [5.74, 6) is 0.200. The van der Waals surface area contributed by atoms with Crippen molar-refractivity contribution in [3.8, 4) is 11.3 Å². The Bertz CT molecular complexity index is 1280. The highest BCUT2D eigenvalue weighted by Gasteiger charge is 2.25. The Hall–Kier alpha value is -3.52. The molecule has 4 aromatic rings. The summed E-state index contributed by atoms with van der Waals surface area (Å²) in [6.45, 7) is 8.06. The van der Waals surface area contributed by atoms with Crippen LogP contribution in [0.4, 0.5) is 9.93 Å². The molecule has 0 aliphatic carbocycles. The molecule has 1 N–H and O–H groups in total. The molecule has 0 spiro atoms. The van der Waals surface area contributed by atoms with E-state index in [1.54, 1.807) is 0 Å². The average Bonchev–Trinajstić information content (AvgIpc) is 3.44. The van der Waals surface area contributed by atoms with Gasteiger partial charge in [0.1, 0.15) is 0 Å². The lowest BCUT2D eigenvalue weighted by molar-refractivity contribution is -0.0686. The van der Waals surface area contributed by atoms with Gasteiger partial charge in [0, 0.05) is 49.6 Å². The zero-order valence-corrected chi connectivity index (χ0v) is 24.1. The molecular weight excluding hydrogens is 516 g/mol. The average molecular weight is 555 g/mol. The minimum atomic E-state index is -0.108. The molecule has 6 nitrogen and oxygen atoms in total. The number of amides is 2. The molecule has 0 bridgehead atoms. The van der Waals surface area contributed by atoms with Gasteiger partial charge in [-0.1, -0.05) is 91.0 Å². The van der Waals surface area contributed by atoms with Crippen LogP contribution in [0.25, 0.3) is 11.3 Å². The van der Waals surface area contributed by atoms with Crippen molar-refractivity contribution in [2.45, 2.75) is 38.4 Å². The molecule has 208 valence electrons. The second-order valence-corrected chi connectivity index (χ2v) is 11.4. The lowest BCUT2D eigenvalue weighted by Crippen LogP contribution is -2.49. The number of urea groups is 1. The van der Waals surface area contributed by atoms with Crippen LogP contribution in [-0.2, 0) is 4.74 Å². The maximum atomic E-state index is 13.7. The first-order chi connectivity index (χ1) is 19.5. The molecule has 2 heterocycles. The predicted molar refractivity (Wildman–Crippen MR) is 164 cm³/mol. The van der Waals surface area contributed by atoms with Gasteiger partial charge in [-0.25, -0.2) is 9.78 Å². The molecule has 2 atom stereocenters. The number of carbonyl (C=O) groups is 1. The van der Waals surface area contributed by atoms with Crippen molar-refractivity contribution < 1.29 is 9.53 Å². The number of thiazole rings is 1. The van der Waals surface area contributed by atoms with E-state index in [0.717, 1.165) is 37.3 Å². The number of nitrogens with one attached hydrogen (secondary N) is 1. The van der Waals surface area contributed by atoms with Gasteiger partial charge in [-0.2, -0.15) is 0 Å². The van der Waals surface area contributed by atoms with Crippen LogP contribution < -0.4 is 5.32 Å². The molecule has 1 aromatic heterocycles. The minimum absolute atomic E-state index is 0.108. The number of anilines is 1. The Kier molecular flexibility index (Phi) is 9.60. The summed E-state index contributed by atoms with van der Waals surface area (Å²) in [7, 11) is 0. The standard InChI is InChI=1S/C33H38N4O2S/c1-25-22-36(23-26(2)39-25)20-21-37(33(38)35-32-34-31(24-40-32)29-16-10-5-11-17-29)19-18-30(27-12-6-3-7-13-27)28-14-8-4-9-15-28/h3-17,24-26,30H,18-23H2,1-2H3,(H,34,35,38). The van der Waals surface area contributed by atoms with E-state index in [9.17, 15) is 4.79 Å². The third kappa shape index (κ3) is 7.56. The number of morpholine rings is 1. The van der Waals surface area contributed by atoms with Crippen LogP contribution in [0.3, 0.4) is 0 Å². The zero-order valence-electron chi connectivity index (χ0n) is 23.3. The summed E-state index contributed by atoms with van der Waals surface area (Å²) in [5, 5.41) is 5.70. The van der Waals surface area contributed by atoms with Crippen molar-refractivity contribution in [1.29, 1.82) is 0 Å². The topological polar surface area (TPSA) is 57.7 Å². The van der Waals surface area contributed by atoms with Crippen LogP contribution >= 0.6 is 11.3 Å². The van der Waals surface area contributed by atoms with Crippen LogP contribution in [0.15, 0.2) is 96.4 Å². The Morgan fingerprint density at radius 3 is 2.10 bits per heavy atom. The first kappa shape index (κ1) is 28.0. The number of aromatic nitrogens is 1. The minimum Gasteiger partial charge on any atom is -0.373 e. The SMILES string of the molecule is CC1CN(CCN(CCC(c2ccccc2)c2ccccc2)C(=O)Nc2nc(-c3ccccc3)cs2)CC(C)O1. The lowest BCUT2D eigenvalue weighted by Gasteiger charge is -2.36. The van der Waals surface area contributed by atoms with Crippen molar-refractivity contribution in [2.75, 3.05) is 38.0 Å². The Morgan fingerprint density at radius 1 is 0.925 bits per heavy atom. The van der Waals surface area contributed by atoms with Gasteiger partial charge in [0.25, 0.3) is 0 Å². The summed E-state index contributed by atoms with van der Waals surface area (Å²) in [6.07, 6.45) is 1.21. The number of hydrogen-bond donors (Lipinski definition) is 1. The van der Waals surface area contributed by atoms with E-state index in [2.05, 4.69) is 72.6 Å². The van der Waals surface area contributed by atoms with Gasteiger partial charge >= 0.3 is 6.03 Å². The van der Waals surface area contributed by atoms with E-state index >= 15 is 0 Å². The van der Waals surface area contributed by atoms with Gasteiger partial charge < -0.3 is 9.64 Å². The summed E-state index contributed by atoms with van der Waals surface area (Å²) in [4.78, 5) is 22.7. The molecule has 1 saturated heterocycles. The summed E-state index contributed by atoms with van der Waals surface area (Å²) < 4.78 is 5.92. The van der Waals surface area contributed by atoms with Gasteiger partial charge in [-0.15, -0.1) is 11.3 Å². The quantitative estimate of drug-likeness (QED) is 0.230. The first-order valence-electron chi connectivity index (χ1n) is 14.1. The molecule has 40 heavy (non-hydrogen) atoms. The third-order valence-electron chi connectivity index (χ3n) is 7.35. The van der Waals surface area contributed by atoms with Gasteiger partial charge in [0.2, 0.25) is 0 Å². The van der Waals surface area contributed by atoms with Crippen LogP contribution in [0.2, 0.25) is 0 Å². The van der Waals surface area contributed by atoms with Crippen LogP contribution in [-0.4, -0.2) is 65.7 Å².